The molecular formula is C13H21ClO4. The van der Waals surface area contributed by atoms with Gasteiger partial charge in [0.05, 0.1) is 20.3 Å². The lowest BCUT2D eigenvalue weighted by molar-refractivity contribution is -0.211. The molecule has 0 aliphatic carbocycles. The van der Waals surface area contributed by atoms with E-state index in [1.807, 2.05) is 0 Å². The van der Waals surface area contributed by atoms with Gasteiger partial charge >= 0.3 is 5.97 Å². The van der Waals surface area contributed by atoms with Crippen LogP contribution in [0.3, 0.4) is 0 Å². The number of methoxy groups -OCH3 is 1. The quantitative estimate of drug-likeness (QED) is 0.296. The minimum atomic E-state index is -0.868. The van der Waals surface area contributed by atoms with Gasteiger partial charge in [0.2, 0.25) is 0 Å². The van der Waals surface area contributed by atoms with E-state index in [0.29, 0.717) is 31.9 Å². The SMILES string of the molecule is C=CCC(C(=O)OC)C1(CCCCCl)OCCO1. The van der Waals surface area contributed by atoms with Crippen LogP contribution in [0.1, 0.15) is 25.7 Å². The van der Waals surface area contributed by atoms with Gasteiger partial charge in [0.15, 0.2) is 5.79 Å². The third-order valence-corrected chi connectivity index (χ3v) is 3.37. The van der Waals surface area contributed by atoms with E-state index in [2.05, 4.69) is 6.58 Å². The molecule has 1 rings (SSSR count). The fourth-order valence-corrected chi connectivity index (χ4v) is 2.41. The largest absolute Gasteiger partial charge is 0.469 e. The number of rotatable bonds is 8. The molecule has 0 N–H and O–H groups in total. The summed E-state index contributed by atoms with van der Waals surface area (Å²) in [7, 11) is 1.37. The summed E-state index contributed by atoms with van der Waals surface area (Å²) >= 11 is 5.67. The Hall–Kier alpha value is -0.580. The Bertz CT molecular complexity index is 274. The summed E-state index contributed by atoms with van der Waals surface area (Å²) in [5.41, 5.74) is 0. The van der Waals surface area contributed by atoms with Crippen molar-refractivity contribution >= 4 is 17.6 Å². The molecule has 1 atom stereocenters. The normalized spacial score (nSPS) is 19.4. The molecule has 0 aromatic rings. The monoisotopic (exact) mass is 276 g/mol. The Morgan fingerprint density at radius 2 is 2.17 bits per heavy atom. The molecule has 1 aliphatic heterocycles. The maximum atomic E-state index is 11.9. The van der Waals surface area contributed by atoms with E-state index in [1.54, 1.807) is 6.08 Å². The van der Waals surface area contributed by atoms with Gasteiger partial charge in [-0.15, -0.1) is 18.2 Å². The predicted molar refractivity (Wildman–Crippen MR) is 69.5 cm³/mol. The van der Waals surface area contributed by atoms with Crippen LogP contribution in [0.15, 0.2) is 12.7 Å². The lowest BCUT2D eigenvalue weighted by atomic mass is 9.90. The summed E-state index contributed by atoms with van der Waals surface area (Å²) in [6.45, 7) is 4.69. The number of unbranched alkanes of at least 4 members (excludes halogenated alkanes) is 1. The molecule has 0 bridgehead atoms. The van der Waals surface area contributed by atoms with Crippen molar-refractivity contribution in [2.45, 2.75) is 31.5 Å². The summed E-state index contributed by atoms with van der Waals surface area (Å²) in [5, 5.41) is 0. The first kappa shape index (κ1) is 15.5. The van der Waals surface area contributed by atoms with Gasteiger partial charge in [0.1, 0.15) is 5.92 Å². The first-order valence-electron chi connectivity index (χ1n) is 6.23. The summed E-state index contributed by atoms with van der Waals surface area (Å²) in [6, 6.07) is 0. The minimum Gasteiger partial charge on any atom is -0.469 e. The van der Waals surface area contributed by atoms with Crippen molar-refractivity contribution in [2.75, 3.05) is 26.2 Å². The maximum absolute atomic E-state index is 11.9. The fraction of sp³-hybridized carbons (Fsp3) is 0.769. The second-order valence-electron chi connectivity index (χ2n) is 4.25. The van der Waals surface area contributed by atoms with Crippen LogP contribution in [0.5, 0.6) is 0 Å². The van der Waals surface area contributed by atoms with Gasteiger partial charge in [0.25, 0.3) is 0 Å². The first-order chi connectivity index (χ1) is 8.70. The van der Waals surface area contributed by atoms with E-state index in [4.69, 9.17) is 25.8 Å². The molecule has 0 amide bonds. The highest BCUT2D eigenvalue weighted by atomic mass is 35.5. The van der Waals surface area contributed by atoms with Gasteiger partial charge in [-0.2, -0.15) is 0 Å². The van der Waals surface area contributed by atoms with Crippen molar-refractivity contribution in [2.24, 2.45) is 5.92 Å². The van der Waals surface area contributed by atoms with E-state index in [-0.39, 0.29) is 5.97 Å². The number of hydrogen-bond acceptors (Lipinski definition) is 4. The van der Waals surface area contributed by atoms with Crippen LogP contribution in [0.25, 0.3) is 0 Å². The summed E-state index contributed by atoms with van der Waals surface area (Å²) in [6.07, 6.45) is 4.54. The Kier molecular flexibility index (Phi) is 6.68. The maximum Gasteiger partial charge on any atom is 0.314 e. The molecule has 1 aliphatic rings. The van der Waals surface area contributed by atoms with E-state index in [0.717, 1.165) is 12.8 Å². The van der Waals surface area contributed by atoms with Crippen molar-refractivity contribution in [1.82, 2.24) is 0 Å². The van der Waals surface area contributed by atoms with Gasteiger partial charge in [0, 0.05) is 12.3 Å². The second kappa shape index (κ2) is 7.77. The lowest BCUT2D eigenvalue weighted by Crippen LogP contribution is -2.44. The molecule has 1 saturated heterocycles. The number of esters is 1. The van der Waals surface area contributed by atoms with Gasteiger partial charge in [-0.1, -0.05) is 6.08 Å². The van der Waals surface area contributed by atoms with Crippen molar-refractivity contribution in [1.29, 1.82) is 0 Å². The lowest BCUT2D eigenvalue weighted by Gasteiger charge is -2.33. The van der Waals surface area contributed by atoms with Crippen LogP contribution in [0.2, 0.25) is 0 Å². The Balaban J connectivity index is 2.77. The van der Waals surface area contributed by atoms with Gasteiger partial charge in [-0.05, 0) is 19.3 Å². The molecular weight excluding hydrogens is 256 g/mol. The van der Waals surface area contributed by atoms with Gasteiger partial charge in [-0.3, -0.25) is 4.79 Å². The molecule has 104 valence electrons. The molecule has 18 heavy (non-hydrogen) atoms. The van der Waals surface area contributed by atoms with Crippen LogP contribution in [-0.2, 0) is 19.0 Å². The molecule has 0 saturated carbocycles. The number of allylic oxidation sites excluding steroid dienone is 1. The average molecular weight is 277 g/mol. The number of carbonyl (C=O) groups is 1. The topological polar surface area (TPSA) is 44.8 Å². The van der Waals surface area contributed by atoms with E-state index >= 15 is 0 Å². The zero-order valence-corrected chi connectivity index (χ0v) is 11.6. The van der Waals surface area contributed by atoms with Gasteiger partial charge < -0.3 is 14.2 Å². The molecule has 0 radical (unpaired) electrons. The first-order valence-corrected chi connectivity index (χ1v) is 6.76. The zero-order valence-electron chi connectivity index (χ0n) is 10.8. The standard InChI is InChI=1S/C13H21ClO4/c1-3-6-11(12(15)16-2)13(7-4-5-8-14)17-9-10-18-13/h3,11H,1,4-10H2,2H3. The second-order valence-corrected chi connectivity index (χ2v) is 4.63. The Labute approximate surface area is 113 Å². The Morgan fingerprint density at radius 1 is 1.50 bits per heavy atom. The molecule has 5 heteroatoms. The number of ether oxygens (including phenoxy) is 3. The van der Waals surface area contributed by atoms with Crippen molar-refractivity contribution in [3.63, 3.8) is 0 Å². The number of carbonyl (C=O) groups excluding carboxylic acids is 1. The zero-order chi connectivity index (χ0) is 13.4. The molecule has 4 nitrogen and oxygen atoms in total. The number of alkyl halides is 1. The predicted octanol–water partition coefficient (Wildman–Crippen LogP) is 2.50. The number of hydrogen-bond donors (Lipinski definition) is 0. The van der Waals surface area contributed by atoms with Gasteiger partial charge in [-0.25, -0.2) is 0 Å². The van der Waals surface area contributed by atoms with E-state index in [1.165, 1.54) is 7.11 Å². The molecule has 1 heterocycles. The van der Waals surface area contributed by atoms with Crippen LogP contribution in [0.4, 0.5) is 0 Å². The van der Waals surface area contributed by atoms with Crippen LogP contribution in [-0.4, -0.2) is 38.0 Å². The van der Waals surface area contributed by atoms with E-state index in [9.17, 15) is 4.79 Å². The molecule has 0 aromatic heterocycles. The molecule has 1 fully saturated rings. The smallest absolute Gasteiger partial charge is 0.314 e. The summed E-state index contributed by atoms with van der Waals surface area (Å²) < 4.78 is 16.3. The minimum absolute atomic E-state index is 0.317. The third kappa shape index (κ3) is 3.70. The average Bonchev–Trinajstić information content (AvgIpc) is 2.85. The molecule has 0 aromatic carbocycles. The summed E-state index contributed by atoms with van der Waals surface area (Å²) in [5.74, 6) is -1.05. The van der Waals surface area contributed by atoms with Crippen molar-refractivity contribution in [3.8, 4) is 0 Å². The third-order valence-electron chi connectivity index (χ3n) is 3.10. The fourth-order valence-electron chi connectivity index (χ4n) is 2.22. The van der Waals surface area contributed by atoms with Crippen LogP contribution < -0.4 is 0 Å². The van der Waals surface area contributed by atoms with Crippen molar-refractivity contribution < 1.29 is 19.0 Å². The Morgan fingerprint density at radius 3 is 2.67 bits per heavy atom. The molecule has 1 unspecified atom stereocenters. The van der Waals surface area contributed by atoms with Crippen molar-refractivity contribution in [3.05, 3.63) is 12.7 Å². The highest BCUT2D eigenvalue weighted by Gasteiger charge is 2.47. The van der Waals surface area contributed by atoms with Crippen LogP contribution in [0, 0.1) is 5.92 Å². The highest BCUT2D eigenvalue weighted by Crippen LogP contribution is 2.36. The highest BCUT2D eigenvalue weighted by molar-refractivity contribution is 6.17. The molecule has 0 spiro atoms. The number of halogens is 1. The van der Waals surface area contributed by atoms with Crippen LogP contribution >= 0.6 is 11.6 Å². The summed E-state index contributed by atoms with van der Waals surface area (Å²) in [4.78, 5) is 11.9. The van der Waals surface area contributed by atoms with E-state index < -0.39 is 11.7 Å².